The fourth-order valence-corrected chi connectivity index (χ4v) is 0.245. The Labute approximate surface area is 50.4 Å². The number of allylic oxidation sites excluding steroid dienone is 2. The molecule has 0 aliphatic heterocycles. The van der Waals surface area contributed by atoms with Crippen LogP contribution in [0.15, 0.2) is 29.4 Å². The second-order valence-corrected chi connectivity index (χ2v) is 1.48. The molecule has 0 aliphatic rings. The number of aliphatic imine (C=N–C) groups is 1. The Balaban J connectivity index is 3.74. The number of hydrogen-bond donors (Lipinski definition) is 0. The van der Waals surface area contributed by atoms with Gasteiger partial charge in [-0.05, 0) is 19.4 Å². The number of nitrogens with zero attached hydrogens (tertiary/aromatic N) is 1. The minimum absolute atomic E-state index is 1.09. The van der Waals surface area contributed by atoms with Gasteiger partial charge in [-0.2, -0.15) is 0 Å². The molecule has 0 radical (unpaired) electrons. The molecule has 0 bridgehead atoms. The molecule has 8 heavy (non-hydrogen) atoms. The fourth-order valence-electron chi connectivity index (χ4n) is 0.245. The number of rotatable bonds is 2. The van der Waals surface area contributed by atoms with E-state index in [0.717, 1.165) is 5.57 Å². The van der Waals surface area contributed by atoms with E-state index in [-0.39, 0.29) is 0 Å². The van der Waals surface area contributed by atoms with Crippen LogP contribution in [0.2, 0.25) is 0 Å². The van der Waals surface area contributed by atoms with Crippen LogP contribution in [0.1, 0.15) is 13.8 Å². The van der Waals surface area contributed by atoms with Gasteiger partial charge in [0.15, 0.2) is 0 Å². The topological polar surface area (TPSA) is 12.4 Å². The van der Waals surface area contributed by atoms with Crippen molar-refractivity contribution in [3.05, 3.63) is 24.4 Å². The van der Waals surface area contributed by atoms with Crippen molar-refractivity contribution in [1.29, 1.82) is 0 Å². The summed E-state index contributed by atoms with van der Waals surface area (Å²) in [4.78, 5) is 3.88. The minimum atomic E-state index is 1.09. The van der Waals surface area contributed by atoms with E-state index in [1.54, 1.807) is 18.5 Å². The van der Waals surface area contributed by atoms with Crippen LogP contribution in [0, 0.1) is 0 Å². The van der Waals surface area contributed by atoms with Gasteiger partial charge in [-0.3, -0.25) is 4.99 Å². The van der Waals surface area contributed by atoms with Crippen molar-refractivity contribution in [2.45, 2.75) is 13.8 Å². The lowest BCUT2D eigenvalue weighted by molar-refractivity contribution is 1.44. The zero-order valence-electron chi connectivity index (χ0n) is 5.39. The quantitative estimate of drug-likeness (QED) is 0.380. The van der Waals surface area contributed by atoms with Crippen LogP contribution >= 0.6 is 0 Å². The zero-order chi connectivity index (χ0) is 6.41. The van der Waals surface area contributed by atoms with Gasteiger partial charge in [0.25, 0.3) is 0 Å². The van der Waals surface area contributed by atoms with Crippen LogP contribution in [-0.4, -0.2) is 6.21 Å². The first-order chi connectivity index (χ1) is 3.81. The zero-order valence-corrected chi connectivity index (χ0v) is 5.39. The van der Waals surface area contributed by atoms with E-state index in [9.17, 15) is 0 Å². The Morgan fingerprint density at radius 1 is 1.62 bits per heavy atom. The van der Waals surface area contributed by atoms with Gasteiger partial charge in [-0.1, -0.05) is 12.7 Å². The van der Waals surface area contributed by atoms with Crippen molar-refractivity contribution in [1.82, 2.24) is 0 Å². The average Bonchev–Trinajstić information content (AvgIpc) is 1.83. The van der Waals surface area contributed by atoms with Crippen molar-refractivity contribution < 1.29 is 0 Å². The van der Waals surface area contributed by atoms with Crippen LogP contribution in [-0.2, 0) is 0 Å². The Kier molecular flexibility index (Phi) is 3.85. The molecule has 0 aromatic carbocycles. The molecule has 0 atom stereocenters. The molecule has 0 aromatic heterocycles. The second-order valence-electron chi connectivity index (χ2n) is 1.48. The van der Waals surface area contributed by atoms with Gasteiger partial charge in [0.2, 0.25) is 0 Å². The SMILES string of the molecule is C=C/C(C)=C/N=C\C. The van der Waals surface area contributed by atoms with Crippen LogP contribution in [0.5, 0.6) is 0 Å². The van der Waals surface area contributed by atoms with Gasteiger partial charge >= 0.3 is 0 Å². The summed E-state index contributed by atoms with van der Waals surface area (Å²) in [6.45, 7) is 7.41. The fraction of sp³-hybridized carbons (Fsp3) is 0.286. The predicted octanol–water partition coefficient (Wildman–Crippen LogP) is 2.17. The van der Waals surface area contributed by atoms with E-state index in [1.165, 1.54) is 0 Å². The van der Waals surface area contributed by atoms with E-state index in [0.29, 0.717) is 0 Å². The molecule has 0 aromatic rings. The molecule has 44 valence electrons. The molecule has 1 heteroatoms. The third-order valence-corrected chi connectivity index (χ3v) is 0.749. The smallest absolute Gasteiger partial charge is 0.0292 e. The second kappa shape index (κ2) is 4.31. The van der Waals surface area contributed by atoms with Crippen molar-refractivity contribution in [2.75, 3.05) is 0 Å². The summed E-state index contributed by atoms with van der Waals surface area (Å²) in [6.07, 6.45) is 5.28. The van der Waals surface area contributed by atoms with E-state index >= 15 is 0 Å². The first-order valence-corrected chi connectivity index (χ1v) is 2.58. The van der Waals surface area contributed by atoms with Gasteiger partial charge in [0.1, 0.15) is 0 Å². The monoisotopic (exact) mass is 109 g/mol. The lowest BCUT2D eigenvalue weighted by Crippen LogP contribution is -1.62. The Hall–Kier alpha value is -0.850. The maximum absolute atomic E-state index is 3.88. The molecular formula is C7H11N. The van der Waals surface area contributed by atoms with Crippen molar-refractivity contribution in [3.8, 4) is 0 Å². The Bertz CT molecular complexity index is 120. The van der Waals surface area contributed by atoms with Crippen molar-refractivity contribution in [2.24, 2.45) is 4.99 Å². The molecule has 1 nitrogen and oxygen atoms in total. The van der Waals surface area contributed by atoms with Crippen LogP contribution in [0.25, 0.3) is 0 Å². The molecular weight excluding hydrogens is 98.1 g/mol. The number of hydrogen-bond acceptors (Lipinski definition) is 1. The lowest BCUT2D eigenvalue weighted by atomic mass is 10.3. The van der Waals surface area contributed by atoms with E-state index in [1.807, 2.05) is 13.8 Å². The Morgan fingerprint density at radius 2 is 2.25 bits per heavy atom. The van der Waals surface area contributed by atoms with Gasteiger partial charge in [0, 0.05) is 12.4 Å². The molecule has 0 unspecified atom stereocenters. The van der Waals surface area contributed by atoms with Crippen molar-refractivity contribution >= 4 is 6.21 Å². The van der Waals surface area contributed by atoms with Crippen LogP contribution in [0.4, 0.5) is 0 Å². The molecule has 0 heterocycles. The standard InChI is InChI=1S/C7H11N/c1-4-7(3)6-8-5-2/h4-6H,1H2,2-3H3/b7-6+,8-5-. The molecule has 0 spiro atoms. The lowest BCUT2D eigenvalue weighted by Gasteiger charge is -1.81. The average molecular weight is 109 g/mol. The van der Waals surface area contributed by atoms with Gasteiger partial charge in [-0.15, -0.1) is 0 Å². The maximum atomic E-state index is 3.88. The third kappa shape index (κ3) is 3.34. The molecule has 0 aliphatic carbocycles. The van der Waals surface area contributed by atoms with Crippen LogP contribution < -0.4 is 0 Å². The van der Waals surface area contributed by atoms with Gasteiger partial charge in [-0.25, -0.2) is 0 Å². The molecule has 0 amide bonds. The molecule has 0 saturated heterocycles. The summed E-state index contributed by atoms with van der Waals surface area (Å²) in [7, 11) is 0. The summed E-state index contributed by atoms with van der Waals surface area (Å²) in [5.74, 6) is 0. The summed E-state index contributed by atoms with van der Waals surface area (Å²) >= 11 is 0. The predicted molar refractivity (Wildman–Crippen MR) is 38.1 cm³/mol. The highest BCUT2D eigenvalue weighted by Gasteiger charge is 1.71. The van der Waals surface area contributed by atoms with E-state index < -0.39 is 0 Å². The highest BCUT2D eigenvalue weighted by Crippen LogP contribution is 1.90. The van der Waals surface area contributed by atoms with E-state index in [4.69, 9.17) is 0 Å². The largest absolute Gasteiger partial charge is 0.269 e. The molecule has 0 saturated carbocycles. The third-order valence-electron chi connectivity index (χ3n) is 0.749. The highest BCUT2D eigenvalue weighted by molar-refractivity contribution is 5.54. The first kappa shape index (κ1) is 7.15. The van der Waals surface area contributed by atoms with Crippen molar-refractivity contribution in [3.63, 3.8) is 0 Å². The summed E-state index contributed by atoms with van der Waals surface area (Å²) < 4.78 is 0. The minimum Gasteiger partial charge on any atom is -0.269 e. The Morgan fingerprint density at radius 3 is 2.62 bits per heavy atom. The van der Waals surface area contributed by atoms with E-state index in [2.05, 4.69) is 11.6 Å². The first-order valence-electron chi connectivity index (χ1n) is 2.58. The van der Waals surface area contributed by atoms with Gasteiger partial charge < -0.3 is 0 Å². The normalized spacial score (nSPS) is 12.5. The molecule has 0 rings (SSSR count). The maximum Gasteiger partial charge on any atom is 0.0292 e. The van der Waals surface area contributed by atoms with Crippen LogP contribution in [0.3, 0.4) is 0 Å². The molecule has 0 fully saturated rings. The molecule has 0 N–H and O–H groups in total. The summed E-state index contributed by atoms with van der Waals surface area (Å²) in [5.41, 5.74) is 1.09. The highest BCUT2D eigenvalue weighted by atomic mass is 14.7. The van der Waals surface area contributed by atoms with Gasteiger partial charge in [0.05, 0.1) is 0 Å². The summed E-state index contributed by atoms with van der Waals surface area (Å²) in [5, 5.41) is 0. The summed E-state index contributed by atoms with van der Waals surface area (Å²) in [6, 6.07) is 0.